The first-order valence-electron chi connectivity index (χ1n) is 6.23. The maximum absolute atomic E-state index is 12.6. The molecule has 0 fully saturated rings. The molecule has 0 saturated heterocycles. The average Bonchev–Trinajstić information content (AvgIpc) is 2.48. The van der Waals surface area contributed by atoms with Gasteiger partial charge in [-0.1, -0.05) is 6.07 Å². The lowest BCUT2D eigenvalue weighted by molar-refractivity contribution is 0.591. The number of nitrogens with zero attached hydrogens (tertiary/aromatic N) is 3. The van der Waals surface area contributed by atoms with Gasteiger partial charge in [0.25, 0.3) is 10.0 Å². The van der Waals surface area contributed by atoms with Crippen LogP contribution in [0.2, 0.25) is 0 Å². The van der Waals surface area contributed by atoms with Gasteiger partial charge in [-0.15, -0.1) is 0 Å². The summed E-state index contributed by atoms with van der Waals surface area (Å²) in [5, 5.41) is 8.71. The van der Waals surface area contributed by atoms with Gasteiger partial charge in [0.05, 0.1) is 5.69 Å². The zero-order valence-corrected chi connectivity index (χ0v) is 12.2. The average molecular weight is 302 g/mol. The van der Waals surface area contributed by atoms with E-state index in [9.17, 15) is 8.42 Å². The maximum atomic E-state index is 12.6. The fourth-order valence-electron chi connectivity index (χ4n) is 1.90. The molecule has 2 aromatic rings. The predicted octanol–water partition coefficient (Wildman–Crippen LogP) is 1.75. The van der Waals surface area contributed by atoms with Crippen molar-refractivity contribution in [2.75, 3.05) is 16.6 Å². The van der Waals surface area contributed by atoms with Crippen LogP contribution in [0.3, 0.4) is 0 Å². The molecule has 0 amide bonds. The number of benzene rings is 1. The Hall–Kier alpha value is -2.59. The third-order valence-electron chi connectivity index (χ3n) is 2.88. The van der Waals surface area contributed by atoms with E-state index in [1.807, 2.05) is 6.07 Å². The van der Waals surface area contributed by atoms with Crippen molar-refractivity contribution in [1.82, 2.24) is 4.98 Å². The van der Waals surface area contributed by atoms with Crippen LogP contribution in [0, 0.1) is 11.3 Å². The van der Waals surface area contributed by atoms with Crippen molar-refractivity contribution in [2.45, 2.75) is 11.8 Å². The van der Waals surface area contributed by atoms with E-state index < -0.39 is 10.0 Å². The molecular weight excluding hydrogens is 288 g/mol. The molecule has 1 heterocycles. The first-order valence-corrected chi connectivity index (χ1v) is 7.67. The standard InChI is InChI=1S/C14H14N4O2S/c1-2-18(13-5-3-4-11(16)8-13)21(19,20)14-7-6-12(9-15)17-10-14/h3-8,10H,2,16H2,1H3. The van der Waals surface area contributed by atoms with Crippen LogP contribution in [0.4, 0.5) is 11.4 Å². The minimum atomic E-state index is -3.74. The molecule has 1 aromatic carbocycles. The van der Waals surface area contributed by atoms with E-state index in [1.54, 1.807) is 31.2 Å². The summed E-state index contributed by atoms with van der Waals surface area (Å²) in [4.78, 5) is 3.83. The molecule has 1 aromatic heterocycles. The van der Waals surface area contributed by atoms with Crippen LogP contribution in [0.1, 0.15) is 12.6 Å². The van der Waals surface area contributed by atoms with Gasteiger partial charge < -0.3 is 5.73 Å². The molecule has 0 aliphatic heterocycles. The van der Waals surface area contributed by atoms with E-state index in [4.69, 9.17) is 11.0 Å². The number of hydrogen-bond acceptors (Lipinski definition) is 5. The minimum absolute atomic E-state index is 0.0331. The van der Waals surface area contributed by atoms with Crippen LogP contribution >= 0.6 is 0 Å². The lowest BCUT2D eigenvalue weighted by Crippen LogP contribution is -2.30. The minimum Gasteiger partial charge on any atom is -0.399 e. The Morgan fingerprint density at radius 1 is 1.33 bits per heavy atom. The Labute approximate surface area is 123 Å². The van der Waals surface area contributed by atoms with Gasteiger partial charge in [0.2, 0.25) is 0 Å². The Kier molecular flexibility index (Phi) is 4.10. The van der Waals surface area contributed by atoms with Crippen molar-refractivity contribution >= 4 is 21.4 Å². The molecule has 0 bridgehead atoms. The summed E-state index contributed by atoms with van der Waals surface area (Å²) in [6.45, 7) is 1.99. The van der Waals surface area contributed by atoms with Crippen molar-refractivity contribution in [3.05, 3.63) is 48.3 Å². The molecule has 2 N–H and O–H groups in total. The van der Waals surface area contributed by atoms with Crippen LogP contribution in [0.15, 0.2) is 47.5 Å². The van der Waals surface area contributed by atoms with E-state index in [2.05, 4.69) is 4.98 Å². The summed E-state index contributed by atoms with van der Waals surface area (Å²) < 4.78 is 26.5. The van der Waals surface area contributed by atoms with Gasteiger partial charge in [0.15, 0.2) is 0 Å². The largest absolute Gasteiger partial charge is 0.399 e. The van der Waals surface area contributed by atoms with E-state index in [0.29, 0.717) is 11.4 Å². The summed E-state index contributed by atoms with van der Waals surface area (Å²) in [5.74, 6) is 0. The smallest absolute Gasteiger partial charge is 0.265 e. The zero-order chi connectivity index (χ0) is 15.5. The topological polar surface area (TPSA) is 100 Å². The number of nitrogen functional groups attached to an aromatic ring is 1. The van der Waals surface area contributed by atoms with Crippen molar-refractivity contribution in [3.8, 4) is 6.07 Å². The summed E-state index contributed by atoms with van der Waals surface area (Å²) in [7, 11) is -3.74. The van der Waals surface area contributed by atoms with Gasteiger partial charge >= 0.3 is 0 Å². The van der Waals surface area contributed by atoms with E-state index in [1.165, 1.54) is 22.6 Å². The second-order valence-electron chi connectivity index (χ2n) is 4.26. The van der Waals surface area contributed by atoms with Crippen molar-refractivity contribution < 1.29 is 8.42 Å². The van der Waals surface area contributed by atoms with Gasteiger partial charge in [-0.3, -0.25) is 4.31 Å². The quantitative estimate of drug-likeness (QED) is 0.867. The first kappa shape index (κ1) is 14.8. The summed E-state index contributed by atoms with van der Waals surface area (Å²) in [6, 6.07) is 11.3. The highest BCUT2D eigenvalue weighted by atomic mass is 32.2. The van der Waals surface area contributed by atoms with Crippen molar-refractivity contribution in [1.29, 1.82) is 5.26 Å². The van der Waals surface area contributed by atoms with Crippen molar-refractivity contribution in [2.24, 2.45) is 0 Å². The second kappa shape index (κ2) is 5.81. The first-order chi connectivity index (χ1) is 9.98. The van der Waals surface area contributed by atoms with Crippen molar-refractivity contribution in [3.63, 3.8) is 0 Å². The number of nitrogens with two attached hydrogens (primary N) is 1. The van der Waals surface area contributed by atoms with Gasteiger partial charge in [-0.25, -0.2) is 13.4 Å². The lowest BCUT2D eigenvalue weighted by atomic mass is 10.3. The molecule has 7 heteroatoms. The number of nitriles is 1. The number of sulfonamides is 1. The van der Waals surface area contributed by atoms with Crippen LogP contribution in [-0.4, -0.2) is 19.9 Å². The number of rotatable bonds is 4. The Bertz CT molecular complexity index is 779. The van der Waals surface area contributed by atoms with Gasteiger partial charge in [-0.2, -0.15) is 5.26 Å². The predicted molar refractivity (Wildman–Crippen MR) is 80.0 cm³/mol. The van der Waals surface area contributed by atoms with E-state index in [-0.39, 0.29) is 17.1 Å². The molecule has 0 unspecified atom stereocenters. The number of pyridine rings is 1. The van der Waals surface area contributed by atoms with Gasteiger partial charge in [0.1, 0.15) is 16.7 Å². The van der Waals surface area contributed by atoms with Crippen LogP contribution in [0.25, 0.3) is 0 Å². The molecule has 0 saturated carbocycles. The molecule has 21 heavy (non-hydrogen) atoms. The van der Waals surface area contributed by atoms with E-state index >= 15 is 0 Å². The van der Waals surface area contributed by atoms with Gasteiger partial charge in [-0.05, 0) is 37.3 Å². The van der Waals surface area contributed by atoms with Crippen LogP contribution in [0.5, 0.6) is 0 Å². The third-order valence-corrected chi connectivity index (χ3v) is 4.77. The normalized spacial score (nSPS) is 10.9. The fourth-order valence-corrected chi connectivity index (χ4v) is 3.31. The number of anilines is 2. The summed E-state index contributed by atoms with van der Waals surface area (Å²) in [5.41, 5.74) is 6.84. The molecule has 0 atom stereocenters. The monoisotopic (exact) mass is 302 g/mol. The highest BCUT2D eigenvalue weighted by Gasteiger charge is 2.24. The fraction of sp³-hybridized carbons (Fsp3) is 0.143. The second-order valence-corrected chi connectivity index (χ2v) is 6.12. The Morgan fingerprint density at radius 3 is 2.62 bits per heavy atom. The van der Waals surface area contributed by atoms with Crippen LogP contribution < -0.4 is 10.0 Å². The number of hydrogen-bond donors (Lipinski definition) is 1. The molecule has 0 aliphatic carbocycles. The summed E-state index contributed by atoms with van der Waals surface area (Å²) in [6.07, 6.45) is 1.18. The Morgan fingerprint density at radius 2 is 2.10 bits per heavy atom. The number of aromatic nitrogens is 1. The lowest BCUT2D eigenvalue weighted by Gasteiger charge is -2.23. The third kappa shape index (κ3) is 2.95. The highest BCUT2D eigenvalue weighted by Crippen LogP contribution is 2.24. The zero-order valence-electron chi connectivity index (χ0n) is 11.4. The molecular formula is C14H14N4O2S. The van der Waals surface area contributed by atoms with Crippen LogP contribution in [-0.2, 0) is 10.0 Å². The molecule has 108 valence electrons. The molecule has 0 radical (unpaired) electrons. The maximum Gasteiger partial charge on any atom is 0.265 e. The highest BCUT2D eigenvalue weighted by molar-refractivity contribution is 7.92. The SMILES string of the molecule is CCN(c1cccc(N)c1)S(=O)(=O)c1ccc(C#N)nc1. The summed E-state index contributed by atoms with van der Waals surface area (Å²) >= 11 is 0. The molecule has 0 spiro atoms. The molecule has 0 aliphatic rings. The molecule has 2 rings (SSSR count). The molecule has 6 nitrogen and oxygen atoms in total. The van der Waals surface area contributed by atoms with E-state index in [0.717, 1.165) is 0 Å². The Balaban J connectivity index is 2.47. The van der Waals surface area contributed by atoms with Gasteiger partial charge in [0, 0.05) is 18.4 Å².